The van der Waals surface area contributed by atoms with Crippen molar-refractivity contribution < 1.29 is 4.79 Å². The lowest BCUT2D eigenvalue weighted by atomic mass is 10.1. The molecule has 2 aliphatic heterocycles. The van der Waals surface area contributed by atoms with Gasteiger partial charge in [0, 0.05) is 38.8 Å². The zero-order chi connectivity index (χ0) is 21.8. The standard InChI is InChI=1S/C21H31ClN8O/c1-15-18(14-30(27-15)16-7-11-28(2)13-16)25-21-24-12-17(22)20(26-21)23-8-5-10-29-9-4-3-6-19(29)31/h12,14,16H,3-11,13H2,1-2H3,(H2,23,24,25,26)/t16-/m1/s1. The van der Waals surface area contributed by atoms with Crippen molar-refractivity contribution in [3.8, 4) is 0 Å². The minimum absolute atomic E-state index is 0.262. The highest BCUT2D eigenvalue weighted by atomic mass is 35.5. The van der Waals surface area contributed by atoms with Gasteiger partial charge in [-0.3, -0.25) is 9.48 Å². The zero-order valence-corrected chi connectivity index (χ0v) is 19.0. The molecule has 0 unspecified atom stereocenters. The molecule has 0 saturated carbocycles. The van der Waals surface area contributed by atoms with E-state index in [-0.39, 0.29) is 5.91 Å². The van der Waals surface area contributed by atoms with Crippen LogP contribution in [0.5, 0.6) is 0 Å². The number of rotatable bonds is 8. The van der Waals surface area contributed by atoms with E-state index in [1.54, 1.807) is 6.20 Å². The first-order chi connectivity index (χ1) is 15.0. The number of aromatic nitrogens is 4. The van der Waals surface area contributed by atoms with Crippen LogP contribution in [-0.2, 0) is 4.79 Å². The van der Waals surface area contributed by atoms with Crippen LogP contribution < -0.4 is 10.6 Å². The van der Waals surface area contributed by atoms with E-state index >= 15 is 0 Å². The number of carbonyl (C=O) groups is 1. The molecule has 9 nitrogen and oxygen atoms in total. The fraction of sp³-hybridized carbons (Fsp3) is 0.619. The molecule has 0 aliphatic carbocycles. The molecule has 0 bridgehead atoms. The van der Waals surface area contributed by atoms with Gasteiger partial charge in [-0.05, 0) is 46.2 Å². The molecule has 2 fully saturated rings. The van der Waals surface area contributed by atoms with E-state index < -0.39 is 0 Å². The predicted octanol–water partition coefficient (Wildman–Crippen LogP) is 3.07. The van der Waals surface area contributed by atoms with Gasteiger partial charge in [0.05, 0.1) is 23.6 Å². The zero-order valence-electron chi connectivity index (χ0n) is 18.3. The lowest BCUT2D eigenvalue weighted by Crippen LogP contribution is -2.36. The van der Waals surface area contributed by atoms with Gasteiger partial charge >= 0.3 is 0 Å². The summed E-state index contributed by atoms with van der Waals surface area (Å²) in [6, 6.07) is 0.398. The number of amides is 1. The monoisotopic (exact) mass is 446 g/mol. The molecule has 2 N–H and O–H groups in total. The maximum atomic E-state index is 11.9. The third-order valence-corrected chi connectivity index (χ3v) is 6.24. The Kier molecular flexibility index (Phi) is 6.92. The maximum Gasteiger partial charge on any atom is 0.229 e. The van der Waals surface area contributed by atoms with E-state index in [1.165, 1.54) is 0 Å². The summed E-state index contributed by atoms with van der Waals surface area (Å²) < 4.78 is 2.04. The molecular weight excluding hydrogens is 416 g/mol. The van der Waals surface area contributed by atoms with Crippen LogP contribution in [0.15, 0.2) is 12.4 Å². The number of aryl methyl sites for hydroxylation is 1. The van der Waals surface area contributed by atoms with E-state index in [9.17, 15) is 4.79 Å². The molecule has 1 atom stereocenters. The average Bonchev–Trinajstić information content (AvgIpc) is 3.34. The van der Waals surface area contributed by atoms with Crippen molar-refractivity contribution in [1.29, 1.82) is 0 Å². The highest BCUT2D eigenvalue weighted by Gasteiger charge is 2.23. The number of nitrogens with one attached hydrogen (secondary N) is 2. The van der Waals surface area contributed by atoms with E-state index in [0.29, 0.717) is 35.8 Å². The van der Waals surface area contributed by atoms with Gasteiger partial charge in [0.15, 0.2) is 0 Å². The van der Waals surface area contributed by atoms with Crippen LogP contribution in [0.2, 0.25) is 5.02 Å². The summed E-state index contributed by atoms with van der Waals surface area (Å²) in [5.41, 5.74) is 1.81. The lowest BCUT2D eigenvalue weighted by molar-refractivity contribution is -0.133. The molecule has 2 aliphatic rings. The Balaban J connectivity index is 1.33. The molecule has 0 aromatic carbocycles. The Morgan fingerprint density at radius 1 is 1.29 bits per heavy atom. The Morgan fingerprint density at radius 2 is 2.16 bits per heavy atom. The van der Waals surface area contributed by atoms with Crippen molar-refractivity contribution in [2.75, 3.05) is 50.4 Å². The van der Waals surface area contributed by atoms with Gasteiger partial charge in [-0.15, -0.1) is 0 Å². The summed E-state index contributed by atoms with van der Waals surface area (Å²) in [6.07, 6.45) is 8.35. The number of carbonyl (C=O) groups excluding carboxylic acids is 1. The quantitative estimate of drug-likeness (QED) is 0.602. The summed E-state index contributed by atoms with van der Waals surface area (Å²) in [5.74, 6) is 1.33. The van der Waals surface area contributed by atoms with Crippen LogP contribution in [0.3, 0.4) is 0 Å². The second-order valence-corrected chi connectivity index (χ2v) is 8.85. The van der Waals surface area contributed by atoms with Crippen molar-refractivity contribution in [2.24, 2.45) is 0 Å². The number of halogens is 1. The topological polar surface area (TPSA) is 91.2 Å². The fourth-order valence-corrected chi connectivity index (χ4v) is 4.32. The number of hydrogen-bond donors (Lipinski definition) is 2. The lowest BCUT2D eigenvalue weighted by Gasteiger charge is -2.26. The second-order valence-electron chi connectivity index (χ2n) is 8.45. The number of likely N-dealkylation sites (tertiary alicyclic amines) is 2. The van der Waals surface area contributed by atoms with Gasteiger partial charge in [0.2, 0.25) is 11.9 Å². The minimum Gasteiger partial charge on any atom is -0.369 e. The number of piperidine rings is 1. The summed E-state index contributed by atoms with van der Waals surface area (Å²) in [5, 5.41) is 11.7. The Hall–Kier alpha value is -2.39. The van der Waals surface area contributed by atoms with Crippen LogP contribution in [0, 0.1) is 6.92 Å². The normalized spacial score (nSPS) is 19.8. The number of nitrogens with zero attached hydrogens (tertiary/aromatic N) is 6. The van der Waals surface area contributed by atoms with Crippen LogP contribution in [0.25, 0.3) is 0 Å². The first kappa shape index (κ1) is 21.8. The van der Waals surface area contributed by atoms with Gasteiger partial charge in [-0.2, -0.15) is 10.1 Å². The minimum atomic E-state index is 0.262. The molecule has 1 amide bonds. The highest BCUT2D eigenvalue weighted by Crippen LogP contribution is 2.26. The highest BCUT2D eigenvalue weighted by molar-refractivity contribution is 6.32. The van der Waals surface area contributed by atoms with Crippen LogP contribution in [-0.4, -0.2) is 75.2 Å². The SMILES string of the molecule is Cc1nn([C@@H]2CCN(C)C2)cc1Nc1ncc(Cl)c(NCCCN2CCCCC2=O)n1. The maximum absolute atomic E-state index is 11.9. The van der Waals surface area contributed by atoms with E-state index in [4.69, 9.17) is 11.6 Å². The molecule has 2 aromatic rings. The van der Waals surface area contributed by atoms with Gasteiger partial charge in [-0.25, -0.2) is 4.98 Å². The number of anilines is 3. The fourth-order valence-electron chi connectivity index (χ4n) is 4.17. The molecule has 168 valence electrons. The van der Waals surface area contributed by atoms with Crippen molar-refractivity contribution in [3.63, 3.8) is 0 Å². The molecule has 0 spiro atoms. The molecule has 4 rings (SSSR count). The summed E-state index contributed by atoms with van der Waals surface area (Å²) in [7, 11) is 2.13. The Bertz CT molecular complexity index is 917. The smallest absolute Gasteiger partial charge is 0.229 e. The van der Waals surface area contributed by atoms with Crippen molar-refractivity contribution >= 4 is 35.0 Å². The number of likely N-dealkylation sites (N-methyl/N-ethyl adjacent to an activating group) is 1. The summed E-state index contributed by atoms with van der Waals surface area (Å²) in [4.78, 5) is 25.0. The van der Waals surface area contributed by atoms with E-state index in [1.807, 2.05) is 22.7 Å². The van der Waals surface area contributed by atoms with Gasteiger partial charge < -0.3 is 20.4 Å². The Morgan fingerprint density at radius 3 is 2.94 bits per heavy atom. The van der Waals surface area contributed by atoms with Crippen molar-refractivity contribution in [3.05, 3.63) is 23.1 Å². The van der Waals surface area contributed by atoms with Crippen molar-refractivity contribution in [1.82, 2.24) is 29.5 Å². The van der Waals surface area contributed by atoms with Crippen molar-refractivity contribution in [2.45, 2.75) is 45.1 Å². The van der Waals surface area contributed by atoms with Gasteiger partial charge in [-0.1, -0.05) is 11.6 Å². The van der Waals surface area contributed by atoms with Crippen LogP contribution >= 0.6 is 11.6 Å². The largest absolute Gasteiger partial charge is 0.369 e. The molecule has 10 heteroatoms. The third kappa shape index (κ3) is 5.46. The van der Waals surface area contributed by atoms with Gasteiger partial charge in [0.25, 0.3) is 0 Å². The molecule has 31 heavy (non-hydrogen) atoms. The second kappa shape index (κ2) is 9.82. The predicted molar refractivity (Wildman–Crippen MR) is 122 cm³/mol. The molecular formula is C21H31ClN8O. The van der Waals surface area contributed by atoms with E-state index in [2.05, 4.69) is 37.6 Å². The van der Waals surface area contributed by atoms with Crippen LogP contribution in [0.1, 0.15) is 43.8 Å². The third-order valence-electron chi connectivity index (χ3n) is 5.97. The van der Waals surface area contributed by atoms with Crippen LogP contribution in [0.4, 0.5) is 17.5 Å². The first-order valence-electron chi connectivity index (χ1n) is 11.0. The van der Waals surface area contributed by atoms with E-state index in [0.717, 1.165) is 63.2 Å². The molecule has 2 saturated heterocycles. The first-order valence-corrected chi connectivity index (χ1v) is 11.4. The summed E-state index contributed by atoms with van der Waals surface area (Å²) in [6.45, 7) is 6.39. The van der Waals surface area contributed by atoms with Gasteiger partial charge in [0.1, 0.15) is 10.8 Å². The molecule has 0 radical (unpaired) electrons. The number of hydrogen-bond acceptors (Lipinski definition) is 7. The molecule has 2 aromatic heterocycles. The average molecular weight is 447 g/mol. The molecule has 4 heterocycles. The summed E-state index contributed by atoms with van der Waals surface area (Å²) >= 11 is 6.28. The Labute approximate surface area is 188 Å².